The molecule has 0 amide bonds. The van der Waals surface area contributed by atoms with Gasteiger partial charge >= 0.3 is 0 Å². The minimum absolute atomic E-state index is 0.542. The largest absolute Gasteiger partial charge is 0.495 e. The maximum absolute atomic E-state index is 6.03. The summed E-state index contributed by atoms with van der Waals surface area (Å²) >= 11 is 12.0. The first-order valence-corrected chi connectivity index (χ1v) is 5.82. The average molecular weight is 263 g/mol. The number of rotatable bonds is 6. The van der Waals surface area contributed by atoms with E-state index in [1.54, 1.807) is 13.2 Å². The Kier molecular flexibility index (Phi) is 5.91. The zero-order valence-corrected chi connectivity index (χ0v) is 11.0. The predicted octanol–water partition coefficient (Wildman–Crippen LogP) is 2.31. The van der Waals surface area contributed by atoms with Crippen molar-refractivity contribution in [2.75, 3.05) is 27.2 Å². The molecular formula is C11H16Cl2N2O. The van der Waals surface area contributed by atoms with E-state index in [0.717, 1.165) is 18.7 Å². The Hall–Kier alpha value is -0.480. The van der Waals surface area contributed by atoms with Crippen LogP contribution in [0.15, 0.2) is 12.1 Å². The van der Waals surface area contributed by atoms with Gasteiger partial charge in [-0.2, -0.15) is 0 Å². The van der Waals surface area contributed by atoms with E-state index in [-0.39, 0.29) is 0 Å². The number of hydrogen-bond donors (Lipinski definition) is 2. The highest BCUT2D eigenvalue weighted by atomic mass is 35.5. The normalized spacial score (nSPS) is 10.5. The molecule has 0 saturated heterocycles. The highest BCUT2D eigenvalue weighted by Crippen LogP contribution is 2.31. The molecular weight excluding hydrogens is 247 g/mol. The fraction of sp³-hybridized carbons (Fsp3) is 0.455. The molecule has 0 aromatic heterocycles. The molecule has 90 valence electrons. The summed E-state index contributed by atoms with van der Waals surface area (Å²) in [6.45, 7) is 2.48. The van der Waals surface area contributed by atoms with Gasteiger partial charge in [-0.25, -0.2) is 0 Å². The first-order chi connectivity index (χ1) is 7.69. The first-order valence-electron chi connectivity index (χ1n) is 5.06. The van der Waals surface area contributed by atoms with Crippen LogP contribution in [-0.2, 0) is 6.54 Å². The second-order valence-electron chi connectivity index (χ2n) is 3.36. The quantitative estimate of drug-likeness (QED) is 0.773. The first kappa shape index (κ1) is 13.6. The van der Waals surface area contributed by atoms with E-state index in [4.69, 9.17) is 27.9 Å². The van der Waals surface area contributed by atoms with Crippen molar-refractivity contribution in [2.45, 2.75) is 6.54 Å². The molecule has 2 N–H and O–H groups in total. The van der Waals surface area contributed by atoms with Crippen LogP contribution < -0.4 is 15.4 Å². The van der Waals surface area contributed by atoms with E-state index in [0.29, 0.717) is 22.3 Å². The molecule has 0 atom stereocenters. The molecule has 3 nitrogen and oxygen atoms in total. The summed E-state index contributed by atoms with van der Waals surface area (Å²) < 4.78 is 5.24. The molecule has 0 heterocycles. The van der Waals surface area contributed by atoms with Crippen LogP contribution in [0.5, 0.6) is 5.75 Å². The fourth-order valence-corrected chi connectivity index (χ4v) is 2.02. The Morgan fingerprint density at radius 3 is 2.62 bits per heavy atom. The standard InChI is InChI=1S/C11H16Cl2N2O/c1-14-3-4-15-7-8-5-9(12)6-10(13)11(8)16-2/h5-6,14-15H,3-4,7H2,1-2H3. The second kappa shape index (κ2) is 6.97. The number of hydrogen-bond acceptors (Lipinski definition) is 3. The Labute approximate surface area is 106 Å². The number of ether oxygens (including phenoxy) is 1. The van der Waals surface area contributed by atoms with Crippen molar-refractivity contribution in [1.82, 2.24) is 10.6 Å². The van der Waals surface area contributed by atoms with Gasteiger partial charge in [0.15, 0.2) is 0 Å². The lowest BCUT2D eigenvalue weighted by atomic mass is 10.2. The number of methoxy groups -OCH3 is 1. The summed E-state index contributed by atoms with van der Waals surface area (Å²) in [5, 5.41) is 7.49. The van der Waals surface area contributed by atoms with Gasteiger partial charge in [-0.3, -0.25) is 0 Å². The van der Waals surface area contributed by atoms with Crippen molar-refractivity contribution in [3.8, 4) is 5.75 Å². The molecule has 1 aromatic carbocycles. The summed E-state index contributed by atoms with van der Waals surface area (Å²) in [6, 6.07) is 3.54. The maximum Gasteiger partial charge on any atom is 0.142 e. The molecule has 5 heteroatoms. The monoisotopic (exact) mass is 262 g/mol. The molecule has 0 spiro atoms. The average Bonchev–Trinajstić information content (AvgIpc) is 2.24. The van der Waals surface area contributed by atoms with Crippen molar-refractivity contribution in [3.05, 3.63) is 27.7 Å². The molecule has 1 rings (SSSR count). The third kappa shape index (κ3) is 3.83. The van der Waals surface area contributed by atoms with Crippen molar-refractivity contribution >= 4 is 23.2 Å². The molecule has 0 fully saturated rings. The Balaban J connectivity index is 2.69. The van der Waals surface area contributed by atoms with Gasteiger partial charge in [0.05, 0.1) is 12.1 Å². The molecule has 0 aliphatic carbocycles. The molecule has 0 aliphatic rings. The number of nitrogens with one attached hydrogen (secondary N) is 2. The van der Waals surface area contributed by atoms with E-state index in [9.17, 15) is 0 Å². The van der Waals surface area contributed by atoms with E-state index in [1.807, 2.05) is 13.1 Å². The zero-order chi connectivity index (χ0) is 12.0. The van der Waals surface area contributed by atoms with Crippen LogP contribution in [0.2, 0.25) is 10.0 Å². The van der Waals surface area contributed by atoms with Gasteiger partial charge in [0, 0.05) is 30.2 Å². The molecule has 0 aliphatic heterocycles. The third-order valence-electron chi connectivity index (χ3n) is 2.16. The van der Waals surface area contributed by atoms with E-state index >= 15 is 0 Å². The van der Waals surface area contributed by atoms with Crippen LogP contribution in [0.1, 0.15) is 5.56 Å². The van der Waals surface area contributed by atoms with Gasteiger partial charge in [-0.05, 0) is 19.2 Å². The lowest BCUT2D eigenvalue weighted by Gasteiger charge is -2.11. The molecule has 0 saturated carbocycles. The minimum atomic E-state index is 0.542. The number of benzene rings is 1. The van der Waals surface area contributed by atoms with Crippen LogP contribution in [0.4, 0.5) is 0 Å². The summed E-state index contributed by atoms with van der Waals surface area (Å²) in [6.07, 6.45) is 0. The Morgan fingerprint density at radius 1 is 1.25 bits per heavy atom. The van der Waals surface area contributed by atoms with Crippen molar-refractivity contribution in [3.63, 3.8) is 0 Å². The fourth-order valence-electron chi connectivity index (χ4n) is 1.41. The van der Waals surface area contributed by atoms with Crippen LogP contribution in [0.25, 0.3) is 0 Å². The lowest BCUT2D eigenvalue weighted by molar-refractivity contribution is 0.408. The van der Waals surface area contributed by atoms with Gasteiger partial charge in [-0.1, -0.05) is 23.2 Å². The molecule has 0 radical (unpaired) electrons. The van der Waals surface area contributed by atoms with Crippen LogP contribution in [-0.4, -0.2) is 27.2 Å². The molecule has 16 heavy (non-hydrogen) atoms. The topological polar surface area (TPSA) is 33.3 Å². The van der Waals surface area contributed by atoms with E-state index in [2.05, 4.69) is 10.6 Å². The summed E-state index contributed by atoms with van der Waals surface area (Å²) in [4.78, 5) is 0. The van der Waals surface area contributed by atoms with Crippen LogP contribution in [0.3, 0.4) is 0 Å². The zero-order valence-electron chi connectivity index (χ0n) is 9.44. The van der Waals surface area contributed by atoms with Gasteiger partial charge in [0.25, 0.3) is 0 Å². The van der Waals surface area contributed by atoms with Gasteiger partial charge in [0.1, 0.15) is 5.75 Å². The SMILES string of the molecule is CNCCNCc1cc(Cl)cc(Cl)c1OC. The van der Waals surface area contributed by atoms with E-state index < -0.39 is 0 Å². The van der Waals surface area contributed by atoms with Crippen molar-refractivity contribution < 1.29 is 4.74 Å². The lowest BCUT2D eigenvalue weighted by Crippen LogP contribution is -2.24. The smallest absolute Gasteiger partial charge is 0.142 e. The van der Waals surface area contributed by atoms with Gasteiger partial charge in [0.2, 0.25) is 0 Å². The second-order valence-corrected chi connectivity index (χ2v) is 4.20. The molecule has 1 aromatic rings. The molecule has 0 bridgehead atoms. The minimum Gasteiger partial charge on any atom is -0.495 e. The number of likely N-dealkylation sites (N-methyl/N-ethyl adjacent to an activating group) is 1. The Morgan fingerprint density at radius 2 is 2.00 bits per heavy atom. The van der Waals surface area contributed by atoms with Gasteiger partial charge in [-0.15, -0.1) is 0 Å². The van der Waals surface area contributed by atoms with E-state index in [1.165, 1.54) is 0 Å². The number of halogens is 2. The maximum atomic E-state index is 6.03. The summed E-state index contributed by atoms with van der Waals surface area (Å²) in [5.74, 6) is 0.683. The Bertz CT molecular complexity index is 345. The highest BCUT2D eigenvalue weighted by Gasteiger charge is 2.08. The summed E-state index contributed by atoms with van der Waals surface area (Å²) in [7, 11) is 3.52. The van der Waals surface area contributed by atoms with Crippen molar-refractivity contribution in [1.29, 1.82) is 0 Å². The highest BCUT2D eigenvalue weighted by molar-refractivity contribution is 6.35. The summed E-state index contributed by atoms with van der Waals surface area (Å²) in [5.41, 5.74) is 0.969. The van der Waals surface area contributed by atoms with Gasteiger partial charge < -0.3 is 15.4 Å². The van der Waals surface area contributed by atoms with Crippen LogP contribution >= 0.6 is 23.2 Å². The molecule has 0 unspecified atom stereocenters. The van der Waals surface area contributed by atoms with Crippen LogP contribution in [0, 0.1) is 0 Å². The van der Waals surface area contributed by atoms with Crippen molar-refractivity contribution in [2.24, 2.45) is 0 Å². The third-order valence-corrected chi connectivity index (χ3v) is 2.66. The predicted molar refractivity (Wildman–Crippen MR) is 68.6 cm³/mol.